The van der Waals surface area contributed by atoms with E-state index in [1.807, 2.05) is 42.2 Å². The quantitative estimate of drug-likeness (QED) is 0.454. The highest BCUT2D eigenvalue weighted by molar-refractivity contribution is 5.92. The molecule has 2 amide bonds. The summed E-state index contributed by atoms with van der Waals surface area (Å²) in [6.07, 6.45) is 3.92. The van der Waals surface area contributed by atoms with E-state index < -0.39 is 6.04 Å². The first-order valence-corrected chi connectivity index (χ1v) is 13.5. The van der Waals surface area contributed by atoms with Crippen LogP contribution in [0.2, 0.25) is 0 Å². The predicted octanol–water partition coefficient (Wildman–Crippen LogP) is 3.94. The highest BCUT2D eigenvalue weighted by Gasteiger charge is 2.44. The molecule has 0 aliphatic carbocycles. The second-order valence-electron chi connectivity index (χ2n) is 10.1. The second kappa shape index (κ2) is 11.0. The first-order chi connectivity index (χ1) is 18.0. The number of rotatable bonds is 7. The van der Waals surface area contributed by atoms with E-state index in [4.69, 9.17) is 9.72 Å². The van der Waals surface area contributed by atoms with Crippen molar-refractivity contribution in [3.05, 3.63) is 54.4 Å². The van der Waals surface area contributed by atoms with Crippen LogP contribution in [-0.2, 0) is 14.3 Å². The third kappa shape index (κ3) is 5.13. The summed E-state index contributed by atoms with van der Waals surface area (Å²) in [6, 6.07) is 15.3. The summed E-state index contributed by atoms with van der Waals surface area (Å²) in [7, 11) is 1.74. The predicted molar refractivity (Wildman–Crippen MR) is 144 cm³/mol. The molecule has 0 bridgehead atoms. The molecule has 8 nitrogen and oxygen atoms in total. The molecule has 2 aromatic carbocycles. The zero-order valence-electron chi connectivity index (χ0n) is 21.9. The van der Waals surface area contributed by atoms with Crippen molar-refractivity contribution in [2.24, 2.45) is 0 Å². The Bertz CT molecular complexity index is 1240. The van der Waals surface area contributed by atoms with Crippen LogP contribution in [0.25, 0.3) is 22.2 Å². The van der Waals surface area contributed by atoms with Gasteiger partial charge < -0.3 is 25.3 Å². The largest absolute Gasteiger partial charge is 0.378 e. The van der Waals surface area contributed by atoms with Crippen molar-refractivity contribution in [3.8, 4) is 11.1 Å². The molecule has 0 saturated carbocycles. The first kappa shape index (κ1) is 25.4. The summed E-state index contributed by atoms with van der Waals surface area (Å²) >= 11 is 0. The van der Waals surface area contributed by atoms with E-state index in [2.05, 4.69) is 33.8 Å². The van der Waals surface area contributed by atoms with Crippen molar-refractivity contribution in [2.75, 3.05) is 13.7 Å². The average molecular weight is 504 g/mol. The number of carbonyl (C=O) groups is 2. The molecule has 3 N–H and O–H groups in total. The number of H-pyrrole nitrogens is 1. The van der Waals surface area contributed by atoms with Gasteiger partial charge in [0.2, 0.25) is 11.8 Å². The third-order valence-electron chi connectivity index (χ3n) is 7.86. The van der Waals surface area contributed by atoms with Crippen LogP contribution in [0.1, 0.15) is 57.8 Å². The Balaban J connectivity index is 1.47. The number of ether oxygens (including phenoxy) is 1. The summed E-state index contributed by atoms with van der Waals surface area (Å²) in [4.78, 5) is 37.4. The monoisotopic (exact) mass is 503 g/mol. The highest BCUT2D eigenvalue weighted by atomic mass is 16.5. The van der Waals surface area contributed by atoms with Crippen LogP contribution in [0.15, 0.2) is 48.5 Å². The van der Waals surface area contributed by atoms with Gasteiger partial charge in [0.05, 0.1) is 29.2 Å². The van der Waals surface area contributed by atoms with E-state index in [1.54, 1.807) is 14.0 Å². The Labute approximate surface area is 218 Å². The fourth-order valence-corrected chi connectivity index (χ4v) is 5.81. The number of carbonyl (C=O) groups excluding carboxylic acids is 2. The molecule has 3 aromatic rings. The van der Waals surface area contributed by atoms with Gasteiger partial charge in [-0.25, -0.2) is 4.98 Å². The molecule has 3 heterocycles. The van der Waals surface area contributed by atoms with Gasteiger partial charge in [0, 0.05) is 24.6 Å². The van der Waals surface area contributed by atoms with Gasteiger partial charge in [-0.2, -0.15) is 0 Å². The average Bonchev–Trinajstić information content (AvgIpc) is 3.54. The van der Waals surface area contributed by atoms with Gasteiger partial charge in [-0.15, -0.1) is 0 Å². The number of imidazole rings is 1. The maximum atomic E-state index is 14.1. The van der Waals surface area contributed by atoms with E-state index >= 15 is 0 Å². The maximum absolute atomic E-state index is 14.1. The van der Waals surface area contributed by atoms with Crippen LogP contribution in [0, 0.1) is 0 Å². The number of nitrogens with zero attached hydrogens (tertiary/aromatic N) is 2. The van der Waals surface area contributed by atoms with Crippen molar-refractivity contribution in [1.29, 1.82) is 0 Å². The van der Waals surface area contributed by atoms with Gasteiger partial charge >= 0.3 is 0 Å². The molecule has 2 aliphatic rings. The number of para-hydroxylation sites is 1. The van der Waals surface area contributed by atoms with Gasteiger partial charge in [0.1, 0.15) is 11.9 Å². The number of hydrogen-bond acceptors (Lipinski definition) is 5. The number of likely N-dealkylation sites (N-methyl/N-ethyl adjacent to an activating group) is 1. The summed E-state index contributed by atoms with van der Waals surface area (Å²) in [5.41, 5.74) is 4.09. The molecule has 37 heavy (non-hydrogen) atoms. The maximum Gasteiger partial charge on any atom is 0.246 e. The van der Waals surface area contributed by atoms with Crippen molar-refractivity contribution >= 4 is 22.8 Å². The summed E-state index contributed by atoms with van der Waals surface area (Å²) in [5, 5.41) is 5.98. The molecule has 0 unspecified atom stereocenters. The minimum Gasteiger partial charge on any atom is -0.378 e. The number of aromatic amines is 1. The molecule has 196 valence electrons. The van der Waals surface area contributed by atoms with E-state index in [0.717, 1.165) is 53.7 Å². The van der Waals surface area contributed by atoms with Crippen LogP contribution in [-0.4, -0.2) is 64.6 Å². The number of nitrogens with one attached hydrogen (secondary N) is 3. The highest BCUT2D eigenvalue weighted by Crippen LogP contribution is 2.40. The summed E-state index contributed by atoms with van der Waals surface area (Å²) in [5.74, 6) is 0.585. The minimum atomic E-state index is -0.632. The van der Waals surface area contributed by atoms with E-state index in [1.165, 1.54) is 0 Å². The molecule has 1 aromatic heterocycles. The van der Waals surface area contributed by atoms with Crippen LogP contribution >= 0.6 is 0 Å². The third-order valence-corrected chi connectivity index (χ3v) is 7.86. The Hall–Kier alpha value is -3.23. The lowest BCUT2D eigenvalue weighted by Gasteiger charge is -2.37. The van der Waals surface area contributed by atoms with Crippen LogP contribution in [0.3, 0.4) is 0 Å². The lowest BCUT2D eigenvalue weighted by molar-refractivity contribution is -0.142. The molecule has 2 saturated heterocycles. The lowest BCUT2D eigenvalue weighted by Crippen LogP contribution is -2.56. The molecule has 0 spiro atoms. The van der Waals surface area contributed by atoms with E-state index in [9.17, 15) is 9.59 Å². The zero-order chi connectivity index (χ0) is 25.9. The number of benzene rings is 2. The smallest absolute Gasteiger partial charge is 0.246 e. The van der Waals surface area contributed by atoms with E-state index in [-0.39, 0.29) is 36.0 Å². The minimum absolute atomic E-state index is 0.0442. The molecule has 5 atom stereocenters. The van der Waals surface area contributed by atoms with Gasteiger partial charge in [0.15, 0.2) is 0 Å². The Morgan fingerprint density at radius 1 is 1.14 bits per heavy atom. The Morgan fingerprint density at radius 2 is 1.92 bits per heavy atom. The topological polar surface area (TPSA) is 99.3 Å². The van der Waals surface area contributed by atoms with Crippen molar-refractivity contribution < 1.29 is 14.3 Å². The molecule has 2 fully saturated rings. The SMILES string of the molecule is CCO[C@@H]1CC[C@H]2CC[C@@H](c3nc4cccc(-c5ccccc5)c4[nH]3)N2C(=O)[C@@H](NC(=O)[C@H](C)NC)C1. The zero-order valence-corrected chi connectivity index (χ0v) is 21.9. The standard InChI is InChI=1S/C29H37N5O3/c1-4-37-21-15-13-20-14-16-25(34(20)29(36)24(17-21)32-28(35)18(2)30-3)27-31-23-12-8-11-22(26(23)33-27)19-9-6-5-7-10-19/h5-12,18,20-21,24-25,30H,4,13-17H2,1-3H3,(H,31,33)(H,32,35)/t18-,20-,21+,24-,25-/m0/s1. The van der Waals surface area contributed by atoms with Crippen LogP contribution in [0.4, 0.5) is 0 Å². The number of fused-ring (bicyclic) bond motifs is 2. The Morgan fingerprint density at radius 3 is 2.68 bits per heavy atom. The molecule has 8 heteroatoms. The van der Waals surface area contributed by atoms with Crippen LogP contribution in [0.5, 0.6) is 0 Å². The van der Waals surface area contributed by atoms with E-state index in [0.29, 0.717) is 13.0 Å². The van der Waals surface area contributed by atoms with Crippen molar-refractivity contribution in [1.82, 2.24) is 25.5 Å². The van der Waals surface area contributed by atoms with Gasteiger partial charge in [-0.05, 0) is 58.2 Å². The lowest BCUT2D eigenvalue weighted by atomic mass is 9.96. The first-order valence-electron chi connectivity index (χ1n) is 13.5. The molecular formula is C29H37N5O3. The summed E-state index contributed by atoms with van der Waals surface area (Å²) < 4.78 is 5.96. The van der Waals surface area contributed by atoms with Gasteiger partial charge in [-0.1, -0.05) is 42.5 Å². The second-order valence-corrected chi connectivity index (χ2v) is 10.1. The van der Waals surface area contributed by atoms with Gasteiger partial charge in [0.25, 0.3) is 0 Å². The molecule has 0 radical (unpaired) electrons. The van der Waals surface area contributed by atoms with Crippen LogP contribution < -0.4 is 10.6 Å². The normalized spacial score (nSPS) is 24.9. The number of hydrogen-bond donors (Lipinski definition) is 3. The van der Waals surface area contributed by atoms with Crippen molar-refractivity contribution in [3.63, 3.8) is 0 Å². The summed E-state index contributed by atoms with van der Waals surface area (Å²) in [6.45, 7) is 4.36. The van der Waals surface area contributed by atoms with Crippen molar-refractivity contribution in [2.45, 2.75) is 76.2 Å². The number of aromatic nitrogens is 2. The fraction of sp³-hybridized carbons (Fsp3) is 0.483. The molecular weight excluding hydrogens is 466 g/mol. The molecule has 5 rings (SSSR count). The molecule has 2 aliphatic heterocycles. The fourth-order valence-electron chi connectivity index (χ4n) is 5.81. The van der Waals surface area contributed by atoms with Gasteiger partial charge in [-0.3, -0.25) is 9.59 Å². The Kier molecular flexibility index (Phi) is 7.58. The number of amides is 2.